The molecular weight excluding hydrogens is 200 g/mol. The Balaban J connectivity index is 2.59. The van der Waals surface area contributed by atoms with Crippen LogP contribution in [0, 0.1) is 20.8 Å². The molecule has 0 unspecified atom stereocenters. The smallest absolute Gasteiger partial charge is 0.130 e. The molecule has 4 nitrogen and oxygen atoms in total. The van der Waals surface area contributed by atoms with Crippen molar-refractivity contribution in [1.29, 1.82) is 0 Å². The van der Waals surface area contributed by atoms with Crippen molar-refractivity contribution >= 4 is 5.82 Å². The summed E-state index contributed by atoms with van der Waals surface area (Å²) in [4.78, 5) is 12.8. The number of pyridine rings is 1. The highest BCUT2D eigenvalue weighted by molar-refractivity contribution is 5.66. The van der Waals surface area contributed by atoms with E-state index in [1.54, 1.807) is 0 Å². The van der Waals surface area contributed by atoms with Gasteiger partial charge >= 0.3 is 0 Å². The number of nitrogen functional groups attached to an aromatic ring is 1. The van der Waals surface area contributed by atoms with Crippen molar-refractivity contribution < 1.29 is 0 Å². The van der Waals surface area contributed by atoms with Crippen LogP contribution in [0.1, 0.15) is 17.1 Å². The van der Waals surface area contributed by atoms with Crippen molar-refractivity contribution in [1.82, 2.24) is 15.0 Å². The molecule has 0 aliphatic rings. The minimum absolute atomic E-state index is 0.531. The first-order valence-electron chi connectivity index (χ1n) is 5.11. The number of aryl methyl sites for hydroxylation is 2. The van der Waals surface area contributed by atoms with Gasteiger partial charge in [0, 0.05) is 23.0 Å². The molecule has 0 fully saturated rings. The lowest BCUT2D eigenvalue weighted by molar-refractivity contribution is 1.04. The van der Waals surface area contributed by atoms with Crippen LogP contribution in [0.25, 0.3) is 11.3 Å². The fraction of sp³-hybridized carbons (Fsp3) is 0.250. The lowest BCUT2D eigenvalue weighted by atomic mass is 10.1. The molecule has 0 amide bonds. The van der Waals surface area contributed by atoms with Crippen LogP contribution < -0.4 is 5.73 Å². The summed E-state index contributed by atoms with van der Waals surface area (Å²) in [6.07, 6.45) is 1.81. The Morgan fingerprint density at radius 1 is 1.06 bits per heavy atom. The zero-order valence-corrected chi connectivity index (χ0v) is 9.65. The van der Waals surface area contributed by atoms with Crippen LogP contribution in [-0.2, 0) is 0 Å². The van der Waals surface area contributed by atoms with Crippen molar-refractivity contribution in [3.63, 3.8) is 0 Å². The topological polar surface area (TPSA) is 64.7 Å². The van der Waals surface area contributed by atoms with Crippen molar-refractivity contribution in [3.05, 3.63) is 35.4 Å². The molecule has 0 aromatic carbocycles. The summed E-state index contributed by atoms with van der Waals surface area (Å²) in [5, 5.41) is 0. The van der Waals surface area contributed by atoms with Gasteiger partial charge in [0.15, 0.2) is 0 Å². The number of aromatic nitrogens is 3. The summed E-state index contributed by atoms with van der Waals surface area (Å²) in [5.74, 6) is 1.21. The monoisotopic (exact) mass is 214 g/mol. The van der Waals surface area contributed by atoms with Crippen LogP contribution in [0.5, 0.6) is 0 Å². The fourth-order valence-electron chi connectivity index (χ4n) is 1.54. The highest BCUT2D eigenvalue weighted by Gasteiger charge is 2.08. The van der Waals surface area contributed by atoms with Crippen LogP contribution in [0.4, 0.5) is 5.82 Å². The normalized spacial score (nSPS) is 10.4. The largest absolute Gasteiger partial charge is 0.383 e. The molecule has 2 aromatic rings. The average molecular weight is 214 g/mol. The molecule has 2 N–H and O–H groups in total. The Hall–Kier alpha value is -1.97. The van der Waals surface area contributed by atoms with Crippen molar-refractivity contribution in [3.8, 4) is 11.3 Å². The number of nitrogens with two attached hydrogens (primary N) is 1. The van der Waals surface area contributed by atoms with Gasteiger partial charge in [-0.1, -0.05) is 0 Å². The zero-order chi connectivity index (χ0) is 11.7. The summed E-state index contributed by atoms with van der Waals surface area (Å²) < 4.78 is 0. The lowest BCUT2D eigenvalue weighted by Crippen LogP contribution is -2.02. The van der Waals surface area contributed by atoms with E-state index >= 15 is 0 Å². The van der Waals surface area contributed by atoms with Crippen LogP contribution in [0.3, 0.4) is 0 Å². The molecule has 0 aliphatic heterocycles. The maximum absolute atomic E-state index is 5.82. The number of hydrogen-bond donors (Lipinski definition) is 1. The van der Waals surface area contributed by atoms with Gasteiger partial charge in [-0.2, -0.15) is 0 Å². The summed E-state index contributed by atoms with van der Waals surface area (Å²) in [7, 11) is 0. The SMILES string of the molecule is Cc1ccc(-c2nc(C)nc(N)c2C)cn1. The molecule has 16 heavy (non-hydrogen) atoms. The Morgan fingerprint density at radius 2 is 1.81 bits per heavy atom. The highest BCUT2D eigenvalue weighted by Crippen LogP contribution is 2.23. The Labute approximate surface area is 94.6 Å². The van der Waals surface area contributed by atoms with E-state index in [1.165, 1.54) is 0 Å². The van der Waals surface area contributed by atoms with Gasteiger partial charge in [-0.25, -0.2) is 9.97 Å². The summed E-state index contributed by atoms with van der Waals surface area (Å²) in [5.41, 5.74) is 9.53. The second kappa shape index (κ2) is 3.89. The van der Waals surface area contributed by atoms with E-state index in [9.17, 15) is 0 Å². The van der Waals surface area contributed by atoms with E-state index in [1.807, 2.05) is 39.1 Å². The Bertz CT molecular complexity index is 517. The Morgan fingerprint density at radius 3 is 2.44 bits per heavy atom. The molecular formula is C12H14N4. The molecule has 0 saturated carbocycles. The quantitative estimate of drug-likeness (QED) is 0.789. The van der Waals surface area contributed by atoms with Gasteiger partial charge in [0.25, 0.3) is 0 Å². The fourth-order valence-corrected chi connectivity index (χ4v) is 1.54. The molecule has 0 spiro atoms. The predicted molar refractivity (Wildman–Crippen MR) is 63.9 cm³/mol. The molecule has 2 aromatic heterocycles. The average Bonchev–Trinajstić information content (AvgIpc) is 2.25. The van der Waals surface area contributed by atoms with E-state index in [4.69, 9.17) is 5.73 Å². The summed E-state index contributed by atoms with van der Waals surface area (Å²) >= 11 is 0. The molecule has 0 atom stereocenters. The maximum atomic E-state index is 5.82. The maximum Gasteiger partial charge on any atom is 0.130 e. The Kier molecular flexibility index (Phi) is 2.56. The third-order valence-corrected chi connectivity index (χ3v) is 2.48. The molecule has 0 saturated heterocycles. The van der Waals surface area contributed by atoms with Gasteiger partial charge in [-0.15, -0.1) is 0 Å². The van der Waals surface area contributed by atoms with E-state index in [-0.39, 0.29) is 0 Å². The molecule has 82 valence electrons. The van der Waals surface area contributed by atoms with E-state index in [0.717, 1.165) is 22.5 Å². The number of nitrogens with zero attached hydrogens (tertiary/aromatic N) is 3. The predicted octanol–water partition coefficient (Wildman–Crippen LogP) is 2.05. The molecule has 4 heteroatoms. The minimum Gasteiger partial charge on any atom is -0.383 e. The summed E-state index contributed by atoms with van der Waals surface area (Å²) in [6.45, 7) is 5.71. The highest BCUT2D eigenvalue weighted by atomic mass is 14.9. The third kappa shape index (κ3) is 1.86. The van der Waals surface area contributed by atoms with Gasteiger partial charge < -0.3 is 5.73 Å². The third-order valence-electron chi connectivity index (χ3n) is 2.48. The van der Waals surface area contributed by atoms with Gasteiger partial charge in [0.05, 0.1) is 5.69 Å². The molecule has 0 radical (unpaired) electrons. The lowest BCUT2D eigenvalue weighted by Gasteiger charge is -2.08. The number of hydrogen-bond acceptors (Lipinski definition) is 4. The number of rotatable bonds is 1. The van der Waals surface area contributed by atoms with Crippen LogP contribution in [0.2, 0.25) is 0 Å². The van der Waals surface area contributed by atoms with Crippen LogP contribution in [0.15, 0.2) is 18.3 Å². The second-order valence-electron chi connectivity index (χ2n) is 3.82. The van der Waals surface area contributed by atoms with E-state index in [2.05, 4.69) is 15.0 Å². The molecule has 0 aliphatic carbocycles. The van der Waals surface area contributed by atoms with Crippen molar-refractivity contribution in [2.45, 2.75) is 20.8 Å². The first-order chi connectivity index (χ1) is 7.58. The number of anilines is 1. The van der Waals surface area contributed by atoms with Gasteiger partial charge in [0.1, 0.15) is 11.6 Å². The van der Waals surface area contributed by atoms with Gasteiger partial charge in [-0.05, 0) is 32.9 Å². The zero-order valence-electron chi connectivity index (χ0n) is 9.65. The van der Waals surface area contributed by atoms with Gasteiger partial charge in [-0.3, -0.25) is 4.98 Å². The molecule has 2 rings (SSSR count). The van der Waals surface area contributed by atoms with Crippen molar-refractivity contribution in [2.24, 2.45) is 0 Å². The van der Waals surface area contributed by atoms with Crippen LogP contribution >= 0.6 is 0 Å². The van der Waals surface area contributed by atoms with Crippen LogP contribution in [-0.4, -0.2) is 15.0 Å². The van der Waals surface area contributed by atoms with Gasteiger partial charge in [0.2, 0.25) is 0 Å². The molecule has 2 heterocycles. The standard InChI is InChI=1S/C12H14N4/c1-7-4-5-10(6-14-7)11-8(2)12(13)16-9(3)15-11/h4-6H,1-3H3,(H2,13,15,16). The second-order valence-corrected chi connectivity index (χ2v) is 3.82. The molecule has 0 bridgehead atoms. The first kappa shape index (κ1) is 10.5. The first-order valence-corrected chi connectivity index (χ1v) is 5.11. The minimum atomic E-state index is 0.531. The van der Waals surface area contributed by atoms with Crippen molar-refractivity contribution in [2.75, 3.05) is 5.73 Å². The van der Waals surface area contributed by atoms with E-state index in [0.29, 0.717) is 11.6 Å². The summed E-state index contributed by atoms with van der Waals surface area (Å²) in [6, 6.07) is 3.96. The van der Waals surface area contributed by atoms with E-state index < -0.39 is 0 Å².